The Balaban J connectivity index is 2.19. The Hall–Kier alpha value is -0.640. The Morgan fingerprint density at radius 1 is 1.44 bits per heavy atom. The molecule has 1 aromatic rings. The summed E-state index contributed by atoms with van der Waals surface area (Å²) in [5, 5.41) is 3.68. The standard InChI is InChI=1S/C14H19ClFNO/c1-2-17-14(10-5-7-18-8-6-10)11-3-4-13(16)12(15)9-11/h3-4,9-10,14,17H,2,5-8H2,1H3. The first-order chi connectivity index (χ1) is 8.72. The lowest BCUT2D eigenvalue weighted by Crippen LogP contribution is -2.32. The van der Waals surface area contributed by atoms with Crippen LogP contribution in [0, 0.1) is 11.7 Å². The maximum Gasteiger partial charge on any atom is 0.141 e. The normalized spacial score (nSPS) is 18.8. The van der Waals surface area contributed by atoms with Crippen LogP contribution in [0.15, 0.2) is 18.2 Å². The first-order valence-corrected chi connectivity index (χ1v) is 6.86. The molecule has 2 rings (SSSR count). The molecule has 4 heteroatoms. The van der Waals surface area contributed by atoms with Gasteiger partial charge in [-0.25, -0.2) is 4.39 Å². The zero-order valence-corrected chi connectivity index (χ0v) is 11.3. The molecule has 1 heterocycles. The zero-order chi connectivity index (χ0) is 13.0. The molecule has 1 atom stereocenters. The van der Waals surface area contributed by atoms with Gasteiger partial charge in [-0.1, -0.05) is 24.6 Å². The highest BCUT2D eigenvalue weighted by Crippen LogP contribution is 2.31. The van der Waals surface area contributed by atoms with E-state index in [2.05, 4.69) is 12.2 Å². The molecular formula is C14H19ClFNO. The van der Waals surface area contributed by atoms with Gasteiger partial charge in [-0.3, -0.25) is 0 Å². The SMILES string of the molecule is CCNC(c1ccc(F)c(Cl)c1)C1CCOCC1. The Bertz CT molecular complexity index is 393. The highest BCUT2D eigenvalue weighted by atomic mass is 35.5. The van der Waals surface area contributed by atoms with E-state index in [1.807, 2.05) is 6.07 Å². The Labute approximate surface area is 112 Å². The molecule has 1 fully saturated rings. The van der Waals surface area contributed by atoms with Crippen LogP contribution in [0.5, 0.6) is 0 Å². The Morgan fingerprint density at radius 3 is 2.78 bits per heavy atom. The number of halogens is 2. The quantitative estimate of drug-likeness (QED) is 0.904. The van der Waals surface area contributed by atoms with Gasteiger partial charge in [0, 0.05) is 19.3 Å². The minimum Gasteiger partial charge on any atom is -0.381 e. The summed E-state index contributed by atoms with van der Waals surface area (Å²) in [7, 11) is 0. The third kappa shape index (κ3) is 3.22. The van der Waals surface area contributed by atoms with Crippen molar-refractivity contribution in [1.29, 1.82) is 0 Å². The minimum atomic E-state index is -0.359. The molecule has 0 spiro atoms. The highest BCUT2D eigenvalue weighted by molar-refractivity contribution is 6.30. The van der Waals surface area contributed by atoms with Crippen LogP contribution in [0.1, 0.15) is 31.4 Å². The van der Waals surface area contributed by atoms with E-state index >= 15 is 0 Å². The molecule has 1 aromatic carbocycles. The second kappa shape index (κ2) is 6.50. The molecular weight excluding hydrogens is 253 g/mol. The van der Waals surface area contributed by atoms with Gasteiger partial charge in [0.1, 0.15) is 5.82 Å². The first kappa shape index (κ1) is 13.8. The van der Waals surface area contributed by atoms with E-state index in [0.29, 0.717) is 5.92 Å². The average Bonchev–Trinajstić information content (AvgIpc) is 2.40. The molecule has 0 aliphatic carbocycles. The Kier molecular flexibility index (Phi) is 4.98. The van der Waals surface area contributed by atoms with E-state index < -0.39 is 0 Å². The molecule has 1 aliphatic rings. The molecule has 2 nitrogen and oxygen atoms in total. The van der Waals surface area contributed by atoms with Gasteiger partial charge < -0.3 is 10.1 Å². The van der Waals surface area contributed by atoms with Crippen LogP contribution in [0.25, 0.3) is 0 Å². The van der Waals surface area contributed by atoms with Crippen LogP contribution < -0.4 is 5.32 Å². The van der Waals surface area contributed by atoms with Gasteiger partial charge in [0.2, 0.25) is 0 Å². The number of rotatable bonds is 4. The summed E-state index contributed by atoms with van der Waals surface area (Å²) in [6.45, 7) is 4.58. The minimum absolute atomic E-state index is 0.197. The van der Waals surface area contributed by atoms with Gasteiger partial charge in [-0.2, -0.15) is 0 Å². The second-order valence-corrected chi connectivity index (χ2v) is 5.07. The summed E-state index contributed by atoms with van der Waals surface area (Å²) in [5.41, 5.74) is 1.06. The molecule has 0 saturated carbocycles. The fourth-order valence-electron chi connectivity index (χ4n) is 2.53. The predicted octanol–water partition coefficient (Wildman–Crippen LogP) is 3.56. The molecule has 1 unspecified atom stereocenters. The third-order valence-electron chi connectivity index (χ3n) is 3.46. The molecule has 1 aliphatic heterocycles. The lowest BCUT2D eigenvalue weighted by atomic mass is 9.87. The summed E-state index contributed by atoms with van der Waals surface area (Å²) in [6, 6.07) is 5.24. The van der Waals surface area contributed by atoms with Crippen molar-refractivity contribution in [3.63, 3.8) is 0 Å². The zero-order valence-electron chi connectivity index (χ0n) is 10.6. The summed E-state index contributed by atoms with van der Waals surface area (Å²) in [5.74, 6) is 0.169. The van der Waals surface area contributed by atoms with Crippen molar-refractivity contribution in [1.82, 2.24) is 5.32 Å². The highest BCUT2D eigenvalue weighted by Gasteiger charge is 2.25. The molecule has 18 heavy (non-hydrogen) atoms. The average molecular weight is 272 g/mol. The molecule has 0 radical (unpaired) electrons. The second-order valence-electron chi connectivity index (χ2n) is 4.66. The van der Waals surface area contributed by atoms with Crippen molar-refractivity contribution in [2.24, 2.45) is 5.92 Å². The van der Waals surface area contributed by atoms with Gasteiger partial charge in [0.25, 0.3) is 0 Å². The number of ether oxygens (including phenoxy) is 1. The molecule has 0 bridgehead atoms. The third-order valence-corrected chi connectivity index (χ3v) is 3.75. The molecule has 1 N–H and O–H groups in total. The number of benzene rings is 1. The van der Waals surface area contributed by atoms with Crippen LogP contribution in [0.4, 0.5) is 4.39 Å². The summed E-state index contributed by atoms with van der Waals surface area (Å²) in [6.07, 6.45) is 2.07. The molecule has 1 saturated heterocycles. The van der Waals surface area contributed by atoms with Crippen LogP contribution in [0.2, 0.25) is 5.02 Å². The smallest absolute Gasteiger partial charge is 0.141 e. The lowest BCUT2D eigenvalue weighted by Gasteiger charge is -2.31. The molecule has 0 aromatic heterocycles. The summed E-state index contributed by atoms with van der Waals surface area (Å²) >= 11 is 5.87. The van der Waals surface area contributed by atoms with Crippen molar-refractivity contribution in [3.05, 3.63) is 34.6 Å². The van der Waals surface area contributed by atoms with Crippen LogP contribution in [0.3, 0.4) is 0 Å². The van der Waals surface area contributed by atoms with E-state index in [0.717, 1.165) is 38.2 Å². The topological polar surface area (TPSA) is 21.3 Å². The van der Waals surface area contributed by atoms with Crippen LogP contribution in [-0.2, 0) is 4.74 Å². The van der Waals surface area contributed by atoms with Gasteiger partial charge in [-0.05, 0) is 43.0 Å². The molecule has 0 amide bonds. The summed E-state index contributed by atoms with van der Waals surface area (Å²) in [4.78, 5) is 0. The summed E-state index contributed by atoms with van der Waals surface area (Å²) < 4.78 is 18.6. The van der Waals surface area contributed by atoms with E-state index in [-0.39, 0.29) is 16.9 Å². The van der Waals surface area contributed by atoms with Gasteiger partial charge in [0.05, 0.1) is 5.02 Å². The van der Waals surface area contributed by atoms with E-state index in [4.69, 9.17) is 16.3 Å². The lowest BCUT2D eigenvalue weighted by molar-refractivity contribution is 0.0538. The van der Waals surface area contributed by atoms with Crippen molar-refractivity contribution in [2.75, 3.05) is 19.8 Å². The van der Waals surface area contributed by atoms with E-state index in [1.165, 1.54) is 6.07 Å². The Morgan fingerprint density at radius 2 is 2.17 bits per heavy atom. The van der Waals surface area contributed by atoms with Crippen LogP contribution in [-0.4, -0.2) is 19.8 Å². The number of hydrogen-bond acceptors (Lipinski definition) is 2. The van der Waals surface area contributed by atoms with Crippen molar-refractivity contribution < 1.29 is 9.13 Å². The van der Waals surface area contributed by atoms with Crippen molar-refractivity contribution in [2.45, 2.75) is 25.8 Å². The number of nitrogens with one attached hydrogen (secondary N) is 1. The van der Waals surface area contributed by atoms with Crippen molar-refractivity contribution in [3.8, 4) is 0 Å². The maximum absolute atomic E-state index is 13.2. The van der Waals surface area contributed by atoms with Gasteiger partial charge >= 0.3 is 0 Å². The van der Waals surface area contributed by atoms with Gasteiger partial charge in [0.15, 0.2) is 0 Å². The van der Waals surface area contributed by atoms with Crippen LogP contribution >= 0.6 is 11.6 Å². The monoisotopic (exact) mass is 271 g/mol. The molecule has 100 valence electrons. The van der Waals surface area contributed by atoms with E-state index in [9.17, 15) is 4.39 Å². The largest absolute Gasteiger partial charge is 0.381 e. The fourth-order valence-corrected chi connectivity index (χ4v) is 2.72. The first-order valence-electron chi connectivity index (χ1n) is 6.48. The van der Waals surface area contributed by atoms with Gasteiger partial charge in [-0.15, -0.1) is 0 Å². The maximum atomic E-state index is 13.2. The fraction of sp³-hybridized carbons (Fsp3) is 0.571. The predicted molar refractivity (Wildman–Crippen MR) is 71.4 cm³/mol. The van der Waals surface area contributed by atoms with E-state index in [1.54, 1.807) is 6.07 Å². The van der Waals surface area contributed by atoms with Crippen molar-refractivity contribution >= 4 is 11.6 Å². The number of hydrogen-bond donors (Lipinski definition) is 1.